The largest absolute Gasteiger partial charge is 0.465 e. The summed E-state index contributed by atoms with van der Waals surface area (Å²) in [4.78, 5) is 25.0. The number of esters is 1. The molecule has 1 aromatic heterocycles. The van der Waals surface area contributed by atoms with E-state index in [1.807, 2.05) is 18.2 Å². The molecule has 0 fully saturated rings. The molecule has 1 heterocycles. The van der Waals surface area contributed by atoms with Crippen LogP contribution in [0, 0.1) is 17.5 Å². The van der Waals surface area contributed by atoms with Crippen molar-refractivity contribution in [3.63, 3.8) is 0 Å². The molecule has 0 aliphatic heterocycles. The number of benzene rings is 2. The van der Waals surface area contributed by atoms with Crippen LogP contribution in [0.15, 0.2) is 35.7 Å². The quantitative estimate of drug-likeness (QED) is 0.411. The number of carbonyl (C=O) groups excluding carboxylic acids is 2. The van der Waals surface area contributed by atoms with E-state index in [0.29, 0.717) is 11.6 Å². The van der Waals surface area contributed by atoms with Crippen LogP contribution in [0.2, 0.25) is 0 Å². The lowest BCUT2D eigenvalue weighted by atomic mass is 9.89. The number of anilines is 1. The minimum absolute atomic E-state index is 0.125. The summed E-state index contributed by atoms with van der Waals surface area (Å²) in [5.74, 6) is -6.39. The molecule has 160 valence electrons. The maximum Gasteiger partial charge on any atom is 0.341 e. The predicted octanol–water partition coefficient (Wildman–Crippen LogP) is 5.75. The fourth-order valence-corrected chi connectivity index (χ4v) is 4.69. The van der Waals surface area contributed by atoms with Gasteiger partial charge in [0, 0.05) is 10.9 Å². The molecular weight excluding hydrogens is 427 g/mol. The molecule has 0 unspecified atom stereocenters. The van der Waals surface area contributed by atoms with Crippen molar-refractivity contribution < 1.29 is 27.5 Å². The van der Waals surface area contributed by atoms with Crippen molar-refractivity contribution in [2.75, 3.05) is 12.4 Å². The Kier molecular flexibility index (Phi) is 5.82. The standard InChI is InChI=1S/C23H18F3NO3S/c1-30-23(29)18-16(14-7-6-12-4-2-3-5-13(12)10-14)11-31-22(18)27-21(28)15-8-9-17(24)20(26)19(15)25/h6-11H,2-5H2,1H3,(H,27,28). The Bertz CT molecular complexity index is 1190. The topological polar surface area (TPSA) is 55.4 Å². The summed E-state index contributed by atoms with van der Waals surface area (Å²) in [6.45, 7) is 0. The van der Waals surface area contributed by atoms with Crippen molar-refractivity contribution in [2.24, 2.45) is 0 Å². The van der Waals surface area contributed by atoms with Crippen LogP contribution in [0.3, 0.4) is 0 Å². The number of aryl methyl sites for hydroxylation is 2. The van der Waals surface area contributed by atoms with Crippen LogP contribution in [0.25, 0.3) is 11.1 Å². The van der Waals surface area contributed by atoms with Crippen LogP contribution in [0.4, 0.5) is 18.2 Å². The van der Waals surface area contributed by atoms with Gasteiger partial charge in [-0.1, -0.05) is 18.2 Å². The molecule has 0 saturated heterocycles. The van der Waals surface area contributed by atoms with Crippen LogP contribution in [0.5, 0.6) is 0 Å². The monoisotopic (exact) mass is 445 g/mol. The van der Waals surface area contributed by atoms with Gasteiger partial charge in [0.1, 0.15) is 10.6 Å². The highest BCUT2D eigenvalue weighted by atomic mass is 32.1. The molecule has 0 saturated carbocycles. The van der Waals surface area contributed by atoms with Crippen LogP contribution < -0.4 is 5.32 Å². The predicted molar refractivity (Wildman–Crippen MR) is 112 cm³/mol. The first-order chi connectivity index (χ1) is 14.9. The van der Waals surface area contributed by atoms with E-state index in [1.165, 1.54) is 18.2 Å². The molecule has 3 aromatic rings. The van der Waals surface area contributed by atoms with Gasteiger partial charge < -0.3 is 10.1 Å². The van der Waals surface area contributed by atoms with Crippen LogP contribution in [-0.4, -0.2) is 19.0 Å². The average Bonchev–Trinajstić information content (AvgIpc) is 3.20. The summed E-state index contributed by atoms with van der Waals surface area (Å²) in [6, 6.07) is 7.50. The number of methoxy groups -OCH3 is 1. The molecule has 2 aromatic carbocycles. The lowest BCUT2D eigenvalue weighted by Gasteiger charge is -2.16. The third-order valence-electron chi connectivity index (χ3n) is 5.35. The van der Waals surface area contributed by atoms with Gasteiger partial charge in [-0.15, -0.1) is 11.3 Å². The van der Waals surface area contributed by atoms with Gasteiger partial charge in [-0.05, 0) is 54.5 Å². The zero-order valence-corrected chi connectivity index (χ0v) is 17.4. The Morgan fingerprint density at radius 1 is 1.00 bits per heavy atom. The normalized spacial score (nSPS) is 12.9. The van der Waals surface area contributed by atoms with Crippen molar-refractivity contribution in [2.45, 2.75) is 25.7 Å². The Morgan fingerprint density at radius 2 is 1.74 bits per heavy atom. The summed E-state index contributed by atoms with van der Waals surface area (Å²) in [7, 11) is 1.22. The molecule has 1 N–H and O–H groups in total. The fraction of sp³-hybridized carbons (Fsp3) is 0.217. The molecular formula is C23H18F3NO3S. The minimum atomic E-state index is -1.73. The van der Waals surface area contributed by atoms with E-state index >= 15 is 0 Å². The fourth-order valence-electron chi connectivity index (χ4n) is 3.74. The van der Waals surface area contributed by atoms with E-state index in [2.05, 4.69) is 5.32 Å². The third kappa shape index (κ3) is 3.95. The third-order valence-corrected chi connectivity index (χ3v) is 6.24. The highest BCUT2D eigenvalue weighted by Crippen LogP contribution is 2.38. The molecule has 0 bridgehead atoms. The van der Waals surface area contributed by atoms with E-state index in [4.69, 9.17) is 4.74 Å². The molecule has 1 aliphatic carbocycles. The van der Waals surface area contributed by atoms with E-state index in [1.54, 1.807) is 5.38 Å². The van der Waals surface area contributed by atoms with E-state index in [-0.39, 0.29) is 10.6 Å². The number of hydrogen-bond acceptors (Lipinski definition) is 4. The molecule has 31 heavy (non-hydrogen) atoms. The smallest absolute Gasteiger partial charge is 0.341 e. The molecule has 0 radical (unpaired) electrons. The van der Waals surface area contributed by atoms with Gasteiger partial charge in [-0.25, -0.2) is 18.0 Å². The lowest BCUT2D eigenvalue weighted by molar-refractivity contribution is 0.0603. The number of carbonyl (C=O) groups is 2. The summed E-state index contributed by atoms with van der Waals surface area (Å²) >= 11 is 1.07. The van der Waals surface area contributed by atoms with Crippen molar-refractivity contribution in [1.82, 2.24) is 0 Å². The first kappa shape index (κ1) is 21.1. The molecule has 0 atom stereocenters. The molecule has 1 amide bonds. The van der Waals surface area contributed by atoms with Crippen LogP contribution in [0.1, 0.15) is 44.7 Å². The number of hydrogen-bond donors (Lipinski definition) is 1. The van der Waals surface area contributed by atoms with Gasteiger partial charge in [-0.2, -0.15) is 0 Å². The van der Waals surface area contributed by atoms with Gasteiger partial charge in [0.15, 0.2) is 17.5 Å². The van der Waals surface area contributed by atoms with Gasteiger partial charge in [-0.3, -0.25) is 4.79 Å². The molecule has 4 nitrogen and oxygen atoms in total. The lowest BCUT2D eigenvalue weighted by Crippen LogP contribution is -2.16. The van der Waals surface area contributed by atoms with Crippen molar-refractivity contribution in [3.05, 3.63) is 75.4 Å². The Hall–Kier alpha value is -3.13. The maximum absolute atomic E-state index is 14.0. The van der Waals surface area contributed by atoms with Crippen molar-refractivity contribution in [3.8, 4) is 11.1 Å². The Balaban J connectivity index is 1.71. The number of fused-ring (bicyclic) bond motifs is 1. The number of thiophene rings is 1. The summed E-state index contributed by atoms with van der Waals surface area (Å²) in [6.07, 6.45) is 4.23. The number of ether oxygens (including phenoxy) is 1. The van der Waals surface area contributed by atoms with Gasteiger partial charge in [0.2, 0.25) is 0 Å². The number of rotatable bonds is 4. The maximum atomic E-state index is 14.0. The Morgan fingerprint density at radius 3 is 2.48 bits per heavy atom. The number of nitrogens with one attached hydrogen (secondary N) is 1. The summed E-state index contributed by atoms with van der Waals surface area (Å²) in [5.41, 5.74) is 3.34. The summed E-state index contributed by atoms with van der Waals surface area (Å²) in [5, 5.41) is 4.27. The first-order valence-corrected chi connectivity index (χ1v) is 10.6. The first-order valence-electron chi connectivity index (χ1n) is 9.67. The van der Waals surface area contributed by atoms with E-state index in [0.717, 1.165) is 48.6 Å². The van der Waals surface area contributed by atoms with Crippen LogP contribution in [-0.2, 0) is 17.6 Å². The SMILES string of the molecule is COC(=O)c1c(-c2ccc3c(c2)CCCC3)csc1NC(=O)c1ccc(F)c(F)c1F. The zero-order valence-electron chi connectivity index (χ0n) is 16.6. The van der Waals surface area contributed by atoms with E-state index in [9.17, 15) is 22.8 Å². The summed E-state index contributed by atoms with van der Waals surface area (Å²) < 4.78 is 45.6. The Labute approximate surface area is 180 Å². The molecule has 0 spiro atoms. The zero-order chi connectivity index (χ0) is 22.1. The van der Waals surface area contributed by atoms with Gasteiger partial charge in [0.05, 0.1) is 12.7 Å². The number of amides is 1. The minimum Gasteiger partial charge on any atom is -0.465 e. The number of halogens is 3. The second kappa shape index (κ2) is 8.55. The molecule has 1 aliphatic rings. The van der Waals surface area contributed by atoms with Crippen molar-refractivity contribution in [1.29, 1.82) is 0 Å². The molecule has 8 heteroatoms. The van der Waals surface area contributed by atoms with E-state index < -0.39 is 34.9 Å². The van der Waals surface area contributed by atoms with Crippen molar-refractivity contribution >= 4 is 28.2 Å². The highest BCUT2D eigenvalue weighted by molar-refractivity contribution is 7.15. The average molecular weight is 445 g/mol. The second-order valence-electron chi connectivity index (χ2n) is 7.21. The molecule has 4 rings (SSSR count). The van der Waals surface area contributed by atoms with Gasteiger partial charge >= 0.3 is 5.97 Å². The second-order valence-corrected chi connectivity index (χ2v) is 8.09. The van der Waals surface area contributed by atoms with Crippen LogP contribution >= 0.6 is 11.3 Å². The van der Waals surface area contributed by atoms with Gasteiger partial charge in [0.25, 0.3) is 5.91 Å². The highest BCUT2D eigenvalue weighted by Gasteiger charge is 2.25.